The number of hydrogen-bond donors (Lipinski definition) is 1. The molecule has 26 heavy (non-hydrogen) atoms. The molecule has 0 saturated heterocycles. The van der Waals surface area contributed by atoms with E-state index in [-0.39, 0.29) is 44.2 Å². The van der Waals surface area contributed by atoms with Crippen LogP contribution in [-0.2, 0) is 24.1 Å². The quantitative estimate of drug-likeness (QED) is 0.673. The normalized spacial score (nSPS) is 15.9. The molecule has 0 amide bonds. The van der Waals surface area contributed by atoms with Crippen LogP contribution in [0.15, 0.2) is 71.3 Å². The maximum Gasteiger partial charge on any atom is -1.00 e. The third kappa shape index (κ3) is 4.84. The van der Waals surface area contributed by atoms with Crippen molar-refractivity contribution in [1.29, 1.82) is 0 Å². The van der Waals surface area contributed by atoms with E-state index in [1.165, 1.54) is 39.1 Å². The van der Waals surface area contributed by atoms with Gasteiger partial charge < -0.3 is 24.8 Å². The second kappa shape index (κ2) is 10.4. The minimum atomic E-state index is -0.247. The average Bonchev–Trinajstić information content (AvgIpc) is 2.80. The molecule has 0 aliphatic heterocycles. The Morgan fingerprint density at radius 2 is 1.46 bits per heavy atom. The van der Waals surface area contributed by atoms with Gasteiger partial charge >= 0.3 is 155 Å². The van der Waals surface area contributed by atoms with Crippen LogP contribution in [0.3, 0.4) is 0 Å². The zero-order valence-electron chi connectivity index (χ0n) is 15.7. The second-order valence-corrected chi connectivity index (χ2v) is 8.06. The van der Waals surface area contributed by atoms with Gasteiger partial charge in [0.05, 0.1) is 0 Å². The Labute approximate surface area is 179 Å². The zero-order chi connectivity index (χ0) is 17.1. The molecular formula is C22H25Cl2NTi. The van der Waals surface area contributed by atoms with Crippen molar-refractivity contribution in [3.63, 3.8) is 0 Å². The summed E-state index contributed by atoms with van der Waals surface area (Å²) in [6.07, 6.45) is 0. The van der Waals surface area contributed by atoms with Crippen molar-refractivity contribution in [2.75, 3.05) is 3.80 Å². The minimum absolute atomic E-state index is 0. The largest absolute Gasteiger partial charge is 1.00 e. The van der Waals surface area contributed by atoms with E-state index >= 15 is 0 Å². The Morgan fingerprint density at radius 1 is 0.846 bits per heavy atom. The van der Waals surface area contributed by atoms with Crippen LogP contribution in [0.5, 0.6) is 0 Å². The summed E-state index contributed by atoms with van der Waals surface area (Å²) in [5, 5.41) is 0. The minimum Gasteiger partial charge on any atom is -1.00 e. The summed E-state index contributed by atoms with van der Waals surface area (Å²) in [4.78, 5) is 0. The first-order valence-corrected chi connectivity index (χ1v) is 10.5. The first-order chi connectivity index (χ1) is 11.6. The second-order valence-electron chi connectivity index (χ2n) is 6.57. The molecule has 1 aliphatic carbocycles. The molecule has 0 heterocycles. The van der Waals surface area contributed by atoms with Crippen LogP contribution >= 0.6 is 0 Å². The van der Waals surface area contributed by atoms with Gasteiger partial charge in [-0.2, -0.15) is 0 Å². The summed E-state index contributed by atoms with van der Waals surface area (Å²) in [7, 11) is 0. The number of nitrogens with one attached hydrogen (secondary N) is 1. The van der Waals surface area contributed by atoms with Gasteiger partial charge in [0.2, 0.25) is 0 Å². The van der Waals surface area contributed by atoms with E-state index in [2.05, 4.69) is 86.1 Å². The topological polar surface area (TPSA) is 12.0 Å². The molecule has 0 fully saturated rings. The smallest absolute Gasteiger partial charge is 1.00 e. The SMILES string of the molecule is CC1=C(C)C(C)C(c2ccccc2[CH2][Ti+2][NH]c2ccccc2)=C1C.[Cl-].[Cl-]. The van der Waals surface area contributed by atoms with Gasteiger partial charge in [-0.15, -0.1) is 0 Å². The van der Waals surface area contributed by atoms with Crippen molar-refractivity contribution in [1.82, 2.24) is 0 Å². The van der Waals surface area contributed by atoms with Gasteiger partial charge in [0.15, 0.2) is 0 Å². The zero-order valence-corrected chi connectivity index (χ0v) is 18.8. The molecule has 3 rings (SSSR count). The van der Waals surface area contributed by atoms with Crippen LogP contribution in [0.4, 0.5) is 5.69 Å². The molecule has 0 radical (unpaired) electrons. The molecule has 0 saturated carbocycles. The predicted octanol–water partition coefficient (Wildman–Crippen LogP) is 0.0638. The number of rotatable bonds is 5. The van der Waals surface area contributed by atoms with E-state index in [4.69, 9.17) is 0 Å². The van der Waals surface area contributed by atoms with Crippen LogP contribution in [-0.4, -0.2) is 0 Å². The molecule has 1 unspecified atom stereocenters. The molecule has 1 aliphatic rings. The molecule has 0 bridgehead atoms. The van der Waals surface area contributed by atoms with Gasteiger partial charge in [-0.25, -0.2) is 0 Å². The number of para-hydroxylation sites is 1. The third-order valence-corrected chi connectivity index (χ3v) is 6.83. The molecule has 2 aromatic carbocycles. The van der Waals surface area contributed by atoms with Crippen LogP contribution in [0, 0.1) is 5.92 Å². The van der Waals surface area contributed by atoms with E-state index < -0.39 is 0 Å². The Balaban J connectivity index is 0.00000169. The monoisotopic (exact) mass is 421 g/mol. The van der Waals surface area contributed by atoms with Crippen LogP contribution in [0.25, 0.3) is 5.57 Å². The molecule has 4 heteroatoms. The van der Waals surface area contributed by atoms with E-state index in [0.717, 1.165) is 4.73 Å². The van der Waals surface area contributed by atoms with Crippen molar-refractivity contribution in [2.24, 2.45) is 5.92 Å². The van der Waals surface area contributed by atoms with Gasteiger partial charge in [0.1, 0.15) is 0 Å². The molecule has 1 N–H and O–H groups in total. The first kappa shape index (κ1) is 23.1. The summed E-state index contributed by atoms with van der Waals surface area (Å²) < 4.78 is 4.81. The van der Waals surface area contributed by atoms with E-state index in [1.54, 1.807) is 0 Å². The summed E-state index contributed by atoms with van der Waals surface area (Å²) in [6.45, 7) is 9.18. The summed E-state index contributed by atoms with van der Waals surface area (Å²) in [6, 6.07) is 19.5. The van der Waals surface area contributed by atoms with Crippen molar-refractivity contribution in [2.45, 2.75) is 32.4 Å². The van der Waals surface area contributed by atoms with Gasteiger partial charge in [0, 0.05) is 0 Å². The van der Waals surface area contributed by atoms with E-state index in [9.17, 15) is 0 Å². The first-order valence-electron chi connectivity index (χ1n) is 8.60. The number of halogens is 2. The molecular weight excluding hydrogens is 397 g/mol. The maximum absolute atomic E-state index is 3.65. The third-order valence-electron chi connectivity index (χ3n) is 5.23. The molecule has 0 spiro atoms. The molecule has 0 aromatic heterocycles. The van der Waals surface area contributed by atoms with Crippen molar-refractivity contribution in [3.8, 4) is 0 Å². The van der Waals surface area contributed by atoms with Crippen molar-refractivity contribution in [3.05, 3.63) is 82.4 Å². The number of allylic oxidation sites excluding steroid dienone is 4. The summed E-state index contributed by atoms with van der Waals surface area (Å²) >= 11 is -0.247. The Morgan fingerprint density at radius 3 is 2.08 bits per heavy atom. The number of benzene rings is 2. The van der Waals surface area contributed by atoms with E-state index in [0.29, 0.717) is 5.92 Å². The number of anilines is 1. The van der Waals surface area contributed by atoms with Crippen LogP contribution in [0.1, 0.15) is 38.8 Å². The van der Waals surface area contributed by atoms with Gasteiger partial charge in [-0.3, -0.25) is 0 Å². The van der Waals surface area contributed by atoms with Crippen molar-refractivity contribution < 1.29 is 44.2 Å². The Kier molecular flexibility index (Phi) is 9.20. The van der Waals surface area contributed by atoms with Gasteiger partial charge in [0.25, 0.3) is 0 Å². The van der Waals surface area contributed by atoms with Gasteiger partial charge in [-0.1, -0.05) is 0 Å². The fraction of sp³-hybridized carbons (Fsp3) is 0.273. The predicted molar refractivity (Wildman–Crippen MR) is 100 cm³/mol. The summed E-state index contributed by atoms with van der Waals surface area (Å²) in [5.74, 6) is 0.535. The summed E-state index contributed by atoms with van der Waals surface area (Å²) in [5.41, 5.74) is 10.2. The maximum atomic E-state index is 3.65. The molecule has 2 aromatic rings. The Bertz CT molecular complexity index is 797. The van der Waals surface area contributed by atoms with Gasteiger partial charge in [-0.05, 0) is 0 Å². The fourth-order valence-corrected chi connectivity index (χ4v) is 5.00. The molecule has 1 atom stereocenters. The fourth-order valence-electron chi connectivity index (χ4n) is 3.50. The van der Waals surface area contributed by atoms with Crippen LogP contribution < -0.4 is 28.6 Å². The molecule has 1 nitrogen and oxygen atoms in total. The molecule has 136 valence electrons. The standard InChI is InChI=1S/C16H19.C6H6N.2ClH.Ti/c1-10-8-6-7-9-15(10)16-13(4)11(2)12(3)14(16)5;7-6-4-2-1-3-5-6;;;/h6-9,13H,1H2,2-5H3;1-5,7H;2*1H;/q;-1;;;+3/p-2. The van der Waals surface area contributed by atoms with E-state index in [1.807, 2.05) is 0 Å². The number of hydrogen-bond acceptors (Lipinski definition) is 1. The Hall–Kier alpha value is -0.986. The van der Waals surface area contributed by atoms with Crippen LogP contribution in [0.2, 0.25) is 0 Å². The van der Waals surface area contributed by atoms with Crippen molar-refractivity contribution >= 4 is 11.3 Å². The average molecular weight is 422 g/mol.